The second-order valence-corrected chi connectivity index (χ2v) is 7.03. The van der Waals surface area contributed by atoms with Gasteiger partial charge >= 0.3 is 0 Å². The van der Waals surface area contributed by atoms with Crippen LogP contribution in [0.15, 0.2) is 17.3 Å². The van der Waals surface area contributed by atoms with E-state index in [1.807, 2.05) is 13.8 Å². The van der Waals surface area contributed by atoms with Gasteiger partial charge in [-0.1, -0.05) is 6.92 Å². The van der Waals surface area contributed by atoms with E-state index in [0.717, 1.165) is 17.0 Å². The Labute approximate surface area is 121 Å². The molecule has 2 aromatic heterocycles. The summed E-state index contributed by atoms with van der Waals surface area (Å²) >= 11 is 1.31. The molecule has 0 aliphatic heterocycles. The Bertz CT molecular complexity index is 690. The maximum atomic E-state index is 12.2. The minimum atomic E-state index is -3.69. The number of aromatic nitrogens is 3. The van der Waals surface area contributed by atoms with Crippen molar-refractivity contribution in [2.75, 3.05) is 11.3 Å². The highest BCUT2D eigenvalue weighted by Gasteiger charge is 2.19. The predicted molar refractivity (Wildman–Crippen MR) is 76.4 cm³/mol. The van der Waals surface area contributed by atoms with E-state index in [-0.39, 0.29) is 18.0 Å². The molecule has 9 heteroatoms. The quantitative estimate of drug-likeness (QED) is 0.829. The standard InChI is InChI=1S/C11H16N4O3S2/c1-3-10-8(2)19-11(13-10)14-20(17,18)9-6-12-15(7-9)4-5-16/h6-7,16H,3-5H2,1-2H3,(H,13,14). The number of rotatable bonds is 6. The Hall–Kier alpha value is -1.45. The fourth-order valence-corrected chi connectivity index (χ4v) is 3.77. The molecule has 0 saturated carbocycles. The van der Waals surface area contributed by atoms with E-state index in [1.165, 1.54) is 28.4 Å². The van der Waals surface area contributed by atoms with Crippen molar-refractivity contribution < 1.29 is 13.5 Å². The Balaban J connectivity index is 2.21. The summed E-state index contributed by atoms with van der Waals surface area (Å²) in [4.78, 5) is 5.30. The molecular weight excluding hydrogens is 300 g/mol. The van der Waals surface area contributed by atoms with E-state index in [4.69, 9.17) is 5.11 Å². The van der Waals surface area contributed by atoms with Crippen LogP contribution in [0.1, 0.15) is 17.5 Å². The van der Waals surface area contributed by atoms with E-state index in [1.54, 1.807) is 0 Å². The van der Waals surface area contributed by atoms with E-state index >= 15 is 0 Å². The molecule has 0 fully saturated rings. The second kappa shape index (κ2) is 5.90. The zero-order valence-corrected chi connectivity index (χ0v) is 12.8. The van der Waals surface area contributed by atoms with Crippen molar-refractivity contribution in [2.24, 2.45) is 0 Å². The number of nitrogens with one attached hydrogen (secondary N) is 1. The van der Waals surface area contributed by atoms with Crippen LogP contribution < -0.4 is 4.72 Å². The van der Waals surface area contributed by atoms with Crippen LogP contribution in [0.5, 0.6) is 0 Å². The van der Waals surface area contributed by atoms with Gasteiger partial charge in [-0.2, -0.15) is 5.10 Å². The molecule has 20 heavy (non-hydrogen) atoms. The summed E-state index contributed by atoms with van der Waals surface area (Å²) in [5.41, 5.74) is 0.892. The van der Waals surface area contributed by atoms with Crippen LogP contribution in [0.25, 0.3) is 0 Å². The molecule has 0 amide bonds. The van der Waals surface area contributed by atoms with Crippen molar-refractivity contribution in [1.82, 2.24) is 14.8 Å². The number of sulfonamides is 1. The lowest BCUT2D eigenvalue weighted by atomic mass is 10.3. The second-order valence-electron chi connectivity index (χ2n) is 4.14. The molecule has 2 N–H and O–H groups in total. The smallest absolute Gasteiger partial charge is 0.266 e. The summed E-state index contributed by atoms with van der Waals surface area (Å²) in [7, 11) is -3.69. The summed E-state index contributed by atoms with van der Waals surface area (Å²) in [5, 5.41) is 13.0. The molecule has 0 radical (unpaired) electrons. The van der Waals surface area contributed by atoms with Gasteiger partial charge in [0.15, 0.2) is 5.13 Å². The lowest BCUT2D eigenvalue weighted by Crippen LogP contribution is -2.12. The van der Waals surface area contributed by atoms with Gasteiger partial charge in [0.25, 0.3) is 10.0 Å². The molecule has 0 atom stereocenters. The molecule has 0 unspecified atom stereocenters. The van der Waals surface area contributed by atoms with Crippen molar-refractivity contribution in [3.8, 4) is 0 Å². The normalized spacial score (nSPS) is 11.8. The van der Waals surface area contributed by atoms with Gasteiger partial charge in [-0.25, -0.2) is 13.4 Å². The van der Waals surface area contributed by atoms with Crippen molar-refractivity contribution in [2.45, 2.75) is 31.7 Å². The zero-order valence-electron chi connectivity index (χ0n) is 11.2. The van der Waals surface area contributed by atoms with Crippen LogP contribution in [0.4, 0.5) is 5.13 Å². The lowest BCUT2D eigenvalue weighted by molar-refractivity contribution is 0.269. The van der Waals surface area contributed by atoms with E-state index in [9.17, 15) is 8.42 Å². The lowest BCUT2D eigenvalue weighted by Gasteiger charge is -2.01. The van der Waals surface area contributed by atoms with Gasteiger partial charge in [-0.05, 0) is 13.3 Å². The molecule has 0 bridgehead atoms. The topological polar surface area (TPSA) is 97.1 Å². The van der Waals surface area contributed by atoms with Crippen LogP contribution in [-0.2, 0) is 23.0 Å². The molecule has 0 aliphatic rings. The number of hydrogen-bond donors (Lipinski definition) is 2. The van der Waals surface area contributed by atoms with Gasteiger partial charge < -0.3 is 5.11 Å². The van der Waals surface area contributed by atoms with Gasteiger partial charge in [0, 0.05) is 11.1 Å². The molecular formula is C11H16N4O3S2. The molecule has 0 aliphatic carbocycles. The molecule has 0 aromatic carbocycles. The molecule has 2 rings (SSSR count). The number of aliphatic hydroxyl groups excluding tert-OH is 1. The first kappa shape index (κ1) is 14.9. The first-order valence-corrected chi connectivity index (χ1v) is 8.38. The van der Waals surface area contributed by atoms with Crippen molar-refractivity contribution >= 4 is 26.5 Å². The fraction of sp³-hybridized carbons (Fsp3) is 0.455. The molecule has 7 nitrogen and oxygen atoms in total. The number of thiazole rings is 1. The van der Waals surface area contributed by atoms with Gasteiger partial charge in [-0.15, -0.1) is 11.3 Å². The van der Waals surface area contributed by atoms with Crippen LogP contribution in [0.2, 0.25) is 0 Å². The van der Waals surface area contributed by atoms with Gasteiger partial charge in [0.1, 0.15) is 4.90 Å². The number of aryl methyl sites for hydroxylation is 2. The number of nitrogens with zero attached hydrogens (tertiary/aromatic N) is 3. The third-order valence-corrected chi connectivity index (χ3v) is 5.05. The van der Waals surface area contributed by atoms with Gasteiger partial charge in [0.2, 0.25) is 0 Å². The monoisotopic (exact) mass is 316 g/mol. The van der Waals surface area contributed by atoms with Crippen molar-refractivity contribution in [3.05, 3.63) is 23.0 Å². The van der Waals surface area contributed by atoms with Gasteiger partial charge in [0.05, 0.1) is 25.0 Å². The first-order chi connectivity index (χ1) is 9.46. The maximum absolute atomic E-state index is 12.2. The number of aliphatic hydroxyl groups is 1. The van der Waals surface area contributed by atoms with E-state index in [0.29, 0.717) is 5.13 Å². The largest absolute Gasteiger partial charge is 0.394 e. The third kappa shape index (κ3) is 3.17. The Morgan fingerprint density at radius 2 is 2.25 bits per heavy atom. The summed E-state index contributed by atoms with van der Waals surface area (Å²) < 4.78 is 28.2. The number of hydrogen-bond acceptors (Lipinski definition) is 6. The predicted octanol–water partition coefficient (Wildman–Crippen LogP) is 1.00. The summed E-state index contributed by atoms with van der Waals surface area (Å²) in [5.74, 6) is 0. The minimum absolute atomic E-state index is 0.0526. The Kier molecular flexibility index (Phi) is 4.41. The van der Waals surface area contributed by atoms with Crippen LogP contribution in [0, 0.1) is 6.92 Å². The van der Waals surface area contributed by atoms with Crippen LogP contribution in [-0.4, -0.2) is 34.9 Å². The Morgan fingerprint density at radius 1 is 1.50 bits per heavy atom. The maximum Gasteiger partial charge on any atom is 0.266 e. The molecule has 2 aromatic rings. The number of anilines is 1. The SMILES string of the molecule is CCc1nc(NS(=O)(=O)c2cnn(CCO)c2)sc1C. The Morgan fingerprint density at radius 3 is 2.85 bits per heavy atom. The summed E-state index contributed by atoms with van der Waals surface area (Å²) in [6.07, 6.45) is 3.39. The molecule has 0 spiro atoms. The van der Waals surface area contributed by atoms with Crippen molar-refractivity contribution in [1.29, 1.82) is 0 Å². The highest BCUT2D eigenvalue weighted by atomic mass is 32.2. The van der Waals surface area contributed by atoms with E-state index in [2.05, 4.69) is 14.8 Å². The highest BCUT2D eigenvalue weighted by molar-refractivity contribution is 7.93. The van der Waals surface area contributed by atoms with Crippen LogP contribution in [0.3, 0.4) is 0 Å². The molecule has 110 valence electrons. The average molecular weight is 316 g/mol. The summed E-state index contributed by atoms with van der Waals surface area (Å²) in [6, 6.07) is 0. The fourth-order valence-electron chi connectivity index (χ4n) is 1.68. The molecule has 2 heterocycles. The van der Waals surface area contributed by atoms with Crippen LogP contribution >= 0.6 is 11.3 Å². The van der Waals surface area contributed by atoms with E-state index < -0.39 is 10.0 Å². The molecule has 0 saturated heterocycles. The van der Waals surface area contributed by atoms with Gasteiger partial charge in [-0.3, -0.25) is 9.40 Å². The third-order valence-electron chi connectivity index (χ3n) is 2.70. The highest BCUT2D eigenvalue weighted by Crippen LogP contribution is 2.24. The van der Waals surface area contributed by atoms with Crippen molar-refractivity contribution in [3.63, 3.8) is 0 Å². The minimum Gasteiger partial charge on any atom is -0.394 e. The zero-order chi connectivity index (χ0) is 14.8. The summed E-state index contributed by atoms with van der Waals surface area (Å²) in [6.45, 7) is 4.04. The first-order valence-electron chi connectivity index (χ1n) is 6.08. The average Bonchev–Trinajstić information content (AvgIpc) is 2.96.